The van der Waals surface area contributed by atoms with Crippen LogP contribution in [0.1, 0.15) is 45.1 Å². The van der Waals surface area contributed by atoms with Crippen LogP contribution in [-0.2, 0) is 10.1 Å². The van der Waals surface area contributed by atoms with Crippen LogP contribution in [0.5, 0.6) is 17.2 Å². The van der Waals surface area contributed by atoms with Crippen molar-refractivity contribution in [2.45, 2.75) is 70.3 Å². The summed E-state index contributed by atoms with van der Waals surface area (Å²) in [6.45, 7) is 11.7. The van der Waals surface area contributed by atoms with Crippen LogP contribution in [0.25, 0.3) is 0 Å². The van der Waals surface area contributed by atoms with Crippen molar-refractivity contribution in [3.63, 3.8) is 0 Å². The molecule has 1 aliphatic carbocycles. The number of alkyl halides is 3. The average Bonchev–Trinajstić information content (AvgIpc) is 2.50. The summed E-state index contributed by atoms with van der Waals surface area (Å²) in [5.74, 6) is 0.233. The van der Waals surface area contributed by atoms with Gasteiger partial charge in [-0.3, -0.25) is 0 Å². The Morgan fingerprint density at radius 1 is 1.20 bits per heavy atom. The molecule has 10 heteroatoms. The molecule has 3 rings (SSSR count). The molecular weight excluding hydrogens is 437 g/mol. The van der Waals surface area contributed by atoms with Gasteiger partial charge < -0.3 is 13.3 Å². The highest BCUT2D eigenvalue weighted by Gasteiger charge is 2.50. The van der Waals surface area contributed by atoms with E-state index in [4.69, 9.17) is 9.16 Å². The van der Waals surface area contributed by atoms with Gasteiger partial charge in [-0.15, -0.1) is 0 Å². The van der Waals surface area contributed by atoms with E-state index in [9.17, 15) is 21.6 Å². The summed E-state index contributed by atoms with van der Waals surface area (Å²) in [5, 5.41) is 0. The molecule has 0 aromatic heterocycles. The van der Waals surface area contributed by atoms with Crippen molar-refractivity contribution in [2.24, 2.45) is 5.92 Å². The summed E-state index contributed by atoms with van der Waals surface area (Å²) in [5.41, 5.74) is -4.17. The van der Waals surface area contributed by atoms with Crippen LogP contribution in [0.2, 0.25) is 19.6 Å². The molecule has 30 heavy (non-hydrogen) atoms. The average molecular weight is 465 g/mol. The molecule has 0 saturated carbocycles. The predicted molar refractivity (Wildman–Crippen MR) is 110 cm³/mol. The summed E-state index contributed by atoms with van der Waals surface area (Å²) in [7, 11) is -8.00. The minimum Gasteiger partial charge on any atom is -0.544 e. The molecule has 2 aliphatic rings. The third-order valence-corrected chi connectivity index (χ3v) is 7.14. The van der Waals surface area contributed by atoms with Gasteiger partial charge in [0.1, 0.15) is 22.8 Å². The second kappa shape index (κ2) is 7.18. The highest BCUT2D eigenvalue weighted by atomic mass is 32.2. The third kappa shape index (κ3) is 4.49. The van der Waals surface area contributed by atoms with Crippen LogP contribution < -0.4 is 13.3 Å². The standard InChI is InChI=1S/C20H27F3O5SSi/c1-12-7-8-15-14(9-12)18-16(26-19(15,2)3)10-13(11-17(18)28-30(4,5)6)27-29(24,25)20(21,22)23/h9-11,14-15H,7-8H2,1-6H3/t14-,15-/m0/s1. The minimum absolute atomic E-state index is 0.0443. The molecule has 0 bridgehead atoms. The van der Waals surface area contributed by atoms with Crippen LogP contribution in [-0.4, -0.2) is 27.8 Å². The van der Waals surface area contributed by atoms with E-state index in [2.05, 4.69) is 10.3 Å². The number of halogens is 3. The van der Waals surface area contributed by atoms with Crippen LogP contribution in [0.4, 0.5) is 13.2 Å². The largest absolute Gasteiger partial charge is 0.544 e. The number of fused-ring (bicyclic) bond motifs is 3. The highest BCUT2D eigenvalue weighted by Crippen LogP contribution is 2.54. The lowest BCUT2D eigenvalue weighted by Crippen LogP contribution is -2.45. The summed E-state index contributed by atoms with van der Waals surface area (Å²) in [6.07, 6.45) is 4.01. The highest BCUT2D eigenvalue weighted by molar-refractivity contribution is 7.88. The first-order chi connectivity index (χ1) is 13.5. The fourth-order valence-electron chi connectivity index (χ4n) is 4.12. The summed E-state index contributed by atoms with van der Waals surface area (Å²) >= 11 is 0. The van der Waals surface area contributed by atoms with Crippen molar-refractivity contribution in [3.05, 3.63) is 29.3 Å². The lowest BCUT2D eigenvalue weighted by molar-refractivity contribution is -0.0500. The first-order valence-electron chi connectivity index (χ1n) is 9.74. The zero-order valence-electron chi connectivity index (χ0n) is 17.9. The summed E-state index contributed by atoms with van der Waals surface area (Å²) in [6, 6.07) is 2.45. The fraction of sp³-hybridized carbons (Fsp3) is 0.600. The zero-order valence-corrected chi connectivity index (χ0v) is 19.7. The maximum Gasteiger partial charge on any atom is 0.534 e. The molecular formula is C20H27F3O5SSi. The van der Waals surface area contributed by atoms with Crippen molar-refractivity contribution >= 4 is 18.4 Å². The molecule has 0 saturated heterocycles. The van der Waals surface area contributed by atoms with Gasteiger partial charge in [0, 0.05) is 29.5 Å². The molecule has 0 unspecified atom stereocenters. The second-order valence-electron chi connectivity index (χ2n) is 9.42. The van der Waals surface area contributed by atoms with Gasteiger partial charge >= 0.3 is 15.6 Å². The van der Waals surface area contributed by atoms with E-state index in [1.165, 1.54) is 17.7 Å². The van der Waals surface area contributed by atoms with Crippen molar-refractivity contribution in [3.8, 4) is 17.2 Å². The molecule has 1 heterocycles. The Labute approximate surface area is 176 Å². The Morgan fingerprint density at radius 2 is 1.83 bits per heavy atom. The normalized spacial score (nSPS) is 23.6. The molecule has 2 atom stereocenters. The van der Waals surface area contributed by atoms with E-state index in [-0.39, 0.29) is 17.6 Å². The zero-order chi connectivity index (χ0) is 22.7. The van der Waals surface area contributed by atoms with Gasteiger partial charge in [0.25, 0.3) is 0 Å². The Kier molecular flexibility index (Phi) is 5.51. The van der Waals surface area contributed by atoms with Crippen molar-refractivity contribution in [2.75, 3.05) is 0 Å². The van der Waals surface area contributed by atoms with Crippen LogP contribution in [0, 0.1) is 5.92 Å². The van der Waals surface area contributed by atoms with Crippen LogP contribution in [0.15, 0.2) is 23.8 Å². The van der Waals surface area contributed by atoms with E-state index in [0.717, 1.165) is 18.4 Å². The number of ether oxygens (including phenoxy) is 1. The second-order valence-corrected chi connectivity index (χ2v) is 15.4. The number of benzene rings is 1. The van der Waals surface area contributed by atoms with E-state index >= 15 is 0 Å². The molecule has 0 N–H and O–H groups in total. The Balaban J connectivity index is 2.19. The number of hydrogen-bond acceptors (Lipinski definition) is 5. The van der Waals surface area contributed by atoms with Gasteiger partial charge in [-0.25, -0.2) is 0 Å². The molecule has 168 valence electrons. The summed E-state index contributed by atoms with van der Waals surface area (Å²) < 4.78 is 78.4. The van der Waals surface area contributed by atoms with Gasteiger partial charge in [-0.2, -0.15) is 21.6 Å². The maximum atomic E-state index is 12.8. The summed E-state index contributed by atoms with van der Waals surface area (Å²) in [4.78, 5) is 0. The van der Waals surface area contributed by atoms with Crippen molar-refractivity contribution < 1.29 is 34.9 Å². The Hall–Kier alpha value is -1.68. The first-order valence-corrected chi connectivity index (χ1v) is 14.6. The molecule has 0 fully saturated rings. The lowest BCUT2D eigenvalue weighted by atomic mass is 9.68. The van der Waals surface area contributed by atoms with E-state index in [0.29, 0.717) is 5.75 Å². The monoisotopic (exact) mass is 464 g/mol. The van der Waals surface area contributed by atoms with Gasteiger partial charge in [-0.05, 0) is 53.3 Å². The molecule has 5 nitrogen and oxygen atoms in total. The van der Waals surface area contributed by atoms with Crippen molar-refractivity contribution in [1.82, 2.24) is 0 Å². The van der Waals surface area contributed by atoms with Crippen LogP contribution >= 0.6 is 0 Å². The first kappa shape index (κ1) is 23.0. The smallest absolute Gasteiger partial charge is 0.534 e. The molecule has 0 amide bonds. The van der Waals surface area contributed by atoms with Gasteiger partial charge in [0.05, 0.1) is 0 Å². The van der Waals surface area contributed by atoms with Crippen molar-refractivity contribution in [1.29, 1.82) is 0 Å². The maximum absolute atomic E-state index is 12.8. The molecule has 1 aromatic carbocycles. The predicted octanol–water partition coefficient (Wildman–Crippen LogP) is 5.74. The number of hydrogen-bond donors (Lipinski definition) is 0. The number of allylic oxidation sites excluding steroid dienone is 2. The third-order valence-electron chi connectivity index (χ3n) is 5.33. The Bertz CT molecular complexity index is 977. The fourth-order valence-corrected chi connectivity index (χ4v) is 5.39. The Morgan fingerprint density at radius 3 is 2.40 bits per heavy atom. The molecule has 1 aliphatic heterocycles. The molecule has 1 aromatic rings. The number of rotatable bonds is 4. The van der Waals surface area contributed by atoms with Crippen LogP contribution in [0.3, 0.4) is 0 Å². The quantitative estimate of drug-likeness (QED) is 0.246. The van der Waals surface area contributed by atoms with E-state index < -0.39 is 35.3 Å². The van der Waals surface area contributed by atoms with Gasteiger partial charge in [0.2, 0.25) is 8.32 Å². The van der Waals surface area contributed by atoms with E-state index in [1.54, 1.807) is 0 Å². The lowest BCUT2D eigenvalue weighted by Gasteiger charge is -2.47. The topological polar surface area (TPSA) is 61.8 Å². The minimum atomic E-state index is -5.81. The van der Waals surface area contributed by atoms with Gasteiger partial charge in [-0.1, -0.05) is 11.6 Å². The molecule has 0 radical (unpaired) electrons. The van der Waals surface area contributed by atoms with Gasteiger partial charge in [0.15, 0.2) is 0 Å². The molecule has 0 spiro atoms. The SMILES string of the molecule is CC1=C[C@@H]2c3c(cc(OS(=O)(=O)C(F)(F)F)cc3O[Si](C)(C)C)OC(C)(C)[C@H]2CC1. The van der Waals surface area contributed by atoms with E-state index in [1.807, 2.05) is 40.4 Å².